The lowest BCUT2D eigenvalue weighted by molar-refractivity contribution is 0.468. The topological polar surface area (TPSA) is 55.5 Å². The number of rotatable bonds is 4. The highest BCUT2D eigenvalue weighted by Crippen LogP contribution is 2.34. The van der Waals surface area contributed by atoms with Crippen molar-refractivity contribution in [3.63, 3.8) is 0 Å². The van der Waals surface area contributed by atoms with Crippen molar-refractivity contribution >= 4 is 21.6 Å². The molecule has 0 radical (unpaired) electrons. The van der Waals surface area contributed by atoms with E-state index in [1.807, 2.05) is 32.0 Å². The summed E-state index contributed by atoms with van der Waals surface area (Å²) in [4.78, 5) is 10.4. The zero-order valence-corrected chi connectivity index (χ0v) is 10.5. The number of hydrogen-bond donors (Lipinski definition) is 1. The van der Waals surface area contributed by atoms with E-state index in [0.29, 0.717) is 5.69 Å². The van der Waals surface area contributed by atoms with E-state index in [9.17, 15) is 4.91 Å². The molecule has 0 spiro atoms. The summed E-state index contributed by atoms with van der Waals surface area (Å²) in [6.07, 6.45) is 0.833. The Hall–Kier alpha value is -0.900. The van der Waals surface area contributed by atoms with Gasteiger partial charge >= 0.3 is 0 Å². The van der Waals surface area contributed by atoms with Crippen LogP contribution in [0.15, 0.2) is 27.8 Å². The number of benzene rings is 1. The van der Waals surface area contributed by atoms with Crippen molar-refractivity contribution in [2.75, 3.05) is 12.3 Å². The molecule has 1 aromatic rings. The van der Waals surface area contributed by atoms with Gasteiger partial charge in [-0.1, -0.05) is 35.0 Å². The van der Waals surface area contributed by atoms with Crippen LogP contribution in [0.25, 0.3) is 0 Å². The Morgan fingerprint density at radius 2 is 2.20 bits per heavy atom. The number of nitrogen functional groups attached to an aromatic ring is 1. The van der Waals surface area contributed by atoms with Gasteiger partial charge in [0.2, 0.25) is 0 Å². The summed E-state index contributed by atoms with van der Waals surface area (Å²) in [6, 6.07) is 5.70. The number of nitrogens with zero attached hydrogens (tertiary/aromatic N) is 1. The summed E-state index contributed by atoms with van der Waals surface area (Å²) in [5.74, 6) is 0. The minimum absolute atomic E-state index is 0.254. The predicted octanol–water partition coefficient (Wildman–Crippen LogP) is 3.47. The fourth-order valence-corrected chi connectivity index (χ4v) is 1.94. The largest absolute Gasteiger partial charge is 0.398 e. The molecule has 0 aliphatic heterocycles. The van der Waals surface area contributed by atoms with Crippen LogP contribution in [0.4, 0.5) is 5.69 Å². The molecule has 0 bridgehead atoms. The zero-order valence-electron chi connectivity index (χ0n) is 8.96. The van der Waals surface area contributed by atoms with Crippen molar-refractivity contribution in [3.05, 3.63) is 33.1 Å². The molecule has 2 N–H and O–H groups in total. The smallest absolute Gasteiger partial charge is 0.0905 e. The maximum absolute atomic E-state index is 10.4. The molecule has 0 heterocycles. The van der Waals surface area contributed by atoms with Crippen molar-refractivity contribution in [2.45, 2.75) is 25.7 Å². The quantitative estimate of drug-likeness (QED) is 0.673. The maximum Gasteiger partial charge on any atom is 0.0905 e. The van der Waals surface area contributed by atoms with E-state index in [-0.39, 0.29) is 12.0 Å². The average Bonchev–Trinajstić information content (AvgIpc) is 2.22. The van der Waals surface area contributed by atoms with Crippen LogP contribution in [0.3, 0.4) is 0 Å². The Labute approximate surface area is 98.2 Å². The summed E-state index contributed by atoms with van der Waals surface area (Å²) in [5.41, 5.74) is 7.35. The van der Waals surface area contributed by atoms with Crippen LogP contribution >= 0.6 is 15.9 Å². The number of halogens is 1. The van der Waals surface area contributed by atoms with E-state index in [1.54, 1.807) is 0 Å². The molecule has 0 saturated carbocycles. The molecule has 0 saturated heterocycles. The first-order valence-corrected chi connectivity index (χ1v) is 5.67. The van der Waals surface area contributed by atoms with Crippen molar-refractivity contribution in [1.29, 1.82) is 0 Å². The van der Waals surface area contributed by atoms with Gasteiger partial charge in [0, 0.05) is 15.6 Å². The normalized spacial score (nSPS) is 14.6. The summed E-state index contributed by atoms with van der Waals surface area (Å²) >= 11 is 3.40. The fourth-order valence-electron chi connectivity index (χ4n) is 1.58. The molecular weight excluding hydrogens is 256 g/mol. The number of nitrogens with two attached hydrogens (primary N) is 1. The second kappa shape index (κ2) is 4.75. The summed E-state index contributed by atoms with van der Waals surface area (Å²) in [6.45, 7) is 4.29. The highest BCUT2D eigenvalue weighted by molar-refractivity contribution is 9.10. The van der Waals surface area contributed by atoms with Gasteiger partial charge in [-0.3, -0.25) is 0 Å². The first-order valence-electron chi connectivity index (χ1n) is 4.88. The molecule has 0 amide bonds. The first-order chi connectivity index (χ1) is 7.03. The lowest BCUT2D eigenvalue weighted by atomic mass is 9.79. The van der Waals surface area contributed by atoms with Gasteiger partial charge < -0.3 is 5.73 Å². The minimum atomic E-state index is -0.268. The number of hydrogen-bond acceptors (Lipinski definition) is 3. The summed E-state index contributed by atoms with van der Waals surface area (Å²) in [7, 11) is 0. The Balaban J connectivity index is 3.21. The summed E-state index contributed by atoms with van der Waals surface area (Å²) < 4.78 is 0.970. The standard InChI is InChI=1S/C11H15BrN2O/c1-3-11(2,7-14-15)9-6-8(12)4-5-10(9)13/h4-6H,3,7,13H2,1-2H3. The van der Waals surface area contributed by atoms with Crippen LogP contribution in [-0.4, -0.2) is 6.54 Å². The van der Waals surface area contributed by atoms with Gasteiger partial charge in [0.1, 0.15) is 0 Å². The second-order valence-corrected chi connectivity index (χ2v) is 4.85. The second-order valence-electron chi connectivity index (χ2n) is 3.93. The number of nitroso groups, excluding NO2 is 1. The molecule has 15 heavy (non-hydrogen) atoms. The van der Waals surface area contributed by atoms with Crippen molar-refractivity contribution in [1.82, 2.24) is 0 Å². The maximum atomic E-state index is 10.4. The van der Waals surface area contributed by atoms with E-state index >= 15 is 0 Å². The van der Waals surface area contributed by atoms with Gasteiger partial charge in [-0.25, -0.2) is 0 Å². The van der Waals surface area contributed by atoms with Crippen LogP contribution in [0.1, 0.15) is 25.8 Å². The molecule has 1 aromatic carbocycles. The van der Waals surface area contributed by atoms with Crippen LogP contribution < -0.4 is 5.73 Å². The van der Waals surface area contributed by atoms with Gasteiger partial charge in [-0.2, -0.15) is 4.91 Å². The van der Waals surface area contributed by atoms with E-state index in [1.165, 1.54) is 0 Å². The Morgan fingerprint density at radius 1 is 1.53 bits per heavy atom. The Morgan fingerprint density at radius 3 is 2.73 bits per heavy atom. The molecule has 1 unspecified atom stereocenters. The molecule has 3 nitrogen and oxygen atoms in total. The van der Waals surface area contributed by atoms with E-state index in [4.69, 9.17) is 5.73 Å². The van der Waals surface area contributed by atoms with E-state index < -0.39 is 0 Å². The third-order valence-electron chi connectivity index (χ3n) is 2.86. The van der Waals surface area contributed by atoms with Gasteiger partial charge in [0.15, 0.2) is 0 Å². The molecule has 4 heteroatoms. The van der Waals surface area contributed by atoms with Gasteiger partial charge in [0.05, 0.1) is 6.54 Å². The van der Waals surface area contributed by atoms with E-state index in [0.717, 1.165) is 16.5 Å². The molecule has 0 aliphatic carbocycles. The van der Waals surface area contributed by atoms with Crippen molar-refractivity contribution < 1.29 is 0 Å². The predicted molar refractivity (Wildman–Crippen MR) is 66.9 cm³/mol. The lowest BCUT2D eigenvalue weighted by Gasteiger charge is -2.27. The molecule has 1 rings (SSSR count). The molecule has 0 aromatic heterocycles. The van der Waals surface area contributed by atoms with Crippen LogP contribution in [0.5, 0.6) is 0 Å². The van der Waals surface area contributed by atoms with Gasteiger partial charge in [-0.05, 0) is 30.2 Å². The molecular formula is C11H15BrN2O. The van der Waals surface area contributed by atoms with Gasteiger partial charge in [-0.15, -0.1) is 0 Å². The average molecular weight is 271 g/mol. The highest BCUT2D eigenvalue weighted by atomic mass is 79.9. The Bertz CT molecular complexity index is 368. The van der Waals surface area contributed by atoms with E-state index in [2.05, 4.69) is 21.1 Å². The van der Waals surface area contributed by atoms with Crippen molar-refractivity contribution in [2.24, 2.45) is 5.18 Å². The third-order valence-corrected chi connectivity index (χ3v) is 3.35. The highest BCUT2D eigenvalue weighted by Gasteiger charge is 2.27. The third kappa shape index (κ3) is 2.56. The lowest BCUT2D eigenvalue weighted by Crippen LogP contribution is -2.25. The molecule has 0 fully saturated rings. The SMILES string of the molecule is CCC(C)(CN=O)c1cc(Br)ccc1N. The molecule has 0 aliphatic rings. The number of anilines is 1. The zero-order chi connectivity index (χ0) is 11.5. The van der Waals surface area contributed by atoms with Crippen LogP contribution in [0.2, 0.25) is 0 Å². The van der Waals surface area contributed by atoms with Crippen LogP contribution in [-0.2, 0) is 5.41 Å². The van der Waals surface area contributed by atoms with Gasteiger partial charge in [0.25, 0.3) is 0 Å². The first kappa shape index (κ1) is 12.2. The molecule has 1 atom stereocenters. The fraction of sp³-hybridized carbons (Fsp3) is 0.455. The van der Waals surface area contributed by atoms with Crippen LogP contribution in [0, 0.1) is 4.91 Å². The van der Waals surface area contributed by atoms with Crippen molar-refractivity contribution in [3.8, 4) is 0 Å². The monoisotopic (exact) mass is 270 g/mol. The molecule has 82 valence electrons. The Kier molecular flexibility index (Phi) is 3.85. The minimum Gasteiger partial charge on any atom is -0.398 e. The summed E-state index contributed by atoms with van der Waals surface area (Å²) in [5, 5.41) is 3.00.